The fourth-order valence-electron chi connectivity index (χ4n) is 4.58. The number of fused-ring (bicyclic) bond motifs is 1. The highest BCUT2D eigenvalue weighted by atomic mass is 35.5. The molecule has 0 unspecified atom stereocenters. The van der Waals surface area contributed by atoms with Gasteiger partial charge in [0, 0.05) is 49.5 Å². The van der Waals surface area contributed by atoms with E-state index in [1.807, 2.05) is 6.07 Å². The van der Waals surface area contributed by atoms with E-state index in [0.717, 1.165) is 0 Å². The molecule has 41 heavy (non-hydrogen) atoms. The van der Waals surface area contributed by atoms with E-state index < -0.39 is 5.82 Å². The first-order valence-corrected chi connectivity index (χ1v) is 13.2. The second-order valence-electron chi connectivity index (χ2n) is 9.26. The van der Waals surface area contributed by atoms with Crippen LogP contribution in [0.25, 0.3) is 10.9 Å². The lowest BCUT2D eigenvalue weighted by molar-refractivity contribution is -0.127. The van der Waals surface area contributed by atoms with Crippen molar-refractivity contribution in [3.8, 4) is 28.7 Å². The summed E-state index contributed by atoms with van der Waals surface area (Å²) in [6.07, 6.45) is 4.02. The van der Waals surface area contributed by atoms with Gasteiger partial charge in [0.15, 0.2) is 11.5 Å². The van der Waals surface area contributed by atoms with Crippen molar-refractivity contribution in [1.29, 1.82) is 0 Å². The highest BCUT2D eigenvalue weighted by Gasteiger charge is 2.24. The van der Waals surface area contributed by atoms with Crippen molar-refractivity contribution in [2.75, 3.05) is 32.6 Å². The van der Waals surface area contributed by atoms with Gasteiger partial charge in [-0.2, -0.15) is 0 Å². The lowest BCUT2D eigenvalue weighted by Gasteiger charge is -2.31. The van der Waals surface area contributed by atoms with E-state index in [1.54, 1.807) is 42.3 Å². The van der Waals surface area contributed by atoms with E-state index in [0.29, 0.717) is 77.1 Å². The standard InChI is InChI=1S/C30H28ClFN4O5/c1-4-29(37)36-10-8-19(9-11-36)40-28-13-21-23(15-27(28)39-3)33-17-34-30(21)35-24-14-22(31)25(16-26(24)38-2)41-20-7-5-6-18(32)12-20/h4-7,12-17,19H,1,8-11H2,2-3H3,(H,33,34,35). The van der Waals surface area contributed by atoms with Gasteiger partial charge in [-0.3, -0.25) is 4.79 Å². The molecule has 9 nitrogen and oxygen atoms in total. The Balaban J connectivity index is 1.42. The van der Waals surface area contributed by atoms with Crippen molar-refractivity contribution in [3.63, 3.8) is 0 Å². The van der Waals surface area contributed by atoms with Crippen LogP contribution in [0.2, 0.25) is 5.02 Å². The van der Waals surface area contributed by atoms with Crippen LogP contribution in [0.3, 0.4) is 0 Å². The monoisotopic (exact) mass is 578 g/mol. The maximum absolute atomic E-state index is 13.6. The van der Waals surface area contributed by atoms with Crippen LogP contribution in [0.1, 0.15) is 12.8 Å². The molecule has 1 amide bonds. The van der Waals surface area contributed by atoms with Crippen LogP contribution in [0, 0.1) is 5.82 Å². The summed E-state index contributed by atoms with van der Waals surface area (Å²) in [4.78, 5) is 22.5. The molecule has 0 atom stereocenters. The van der Waals surface area contributed by atoms with Crippen LogP contribution in [-0.2, 0) is 4.79 Å². The third-order valence-electron chi connectivity index (χ3n) is 6.67. The molecule has 11 heteroatoms. The summed E-state index contributed by atoms with van der Waals surface area (Å²) in [6.45, 7) is 4.73. The van der Waals surface area contributed by atoms with Crippen molar-refractivity contribution in [2.24, 2.45) is 0 Å². The Labute approximate surface area is 241 Å². The summed E-state index contributed by atoms with van der Waals surface area (Å²) in [5, 5.41) is 4.24. The summed E-state index contributed by atoms with van der Waals surface area (Å²) in [7, 11) is 3.09. The number of anilines is 2. The van der Waals surface area contributed by atoms with E-state index in [9.17, 15) is 9.18 Å². The number of carbonyl (C=O) groups is 1. The Morgan fingerprint density at radius 1 is 1.05 bits per heavy atom. The van der Waals surface area contributed by atoms with E-state index in [-0.39, 0.29) is 17.0 Å². The van der Waals surface area contributed by atoms with Gasteiger partial charge in [0.25, 0.3) is 0 Å². The number of benzene rings is 3. The predicted octanol–water partition coefficient (Wildman–Crippen LogP) is 6.53. The summed E-state index contributed by atoms with van der Waals surface area (Å²) < 4.78 is 36.9. The fourth-order valence-corrected chi connectivity index (χ4v) is 4.78. The van der Waals surface area contributed by atoms with Crippen LogP contribution in [-0.4, -0.2) is 54.2 Å². The van der Waals surface area contributed by atoms with Gasteiger partial charge in [-0.25, -0.2) is 14.4 Å². The molecule has 0 spiro atoms. The summed E-state index contributed by atoms with van der Waals surface area (Å²) in [5.41, 5.74) is 1.16. The van der Waals surface area contributed by atoms with Gasteiger partial charge in [0.1, 0.15) is 41.3 Å². The smallest absolute Gasteiger partial charge is 0.245 e. The average molecular weight is 579 g/mol. The molecule has 5 rings (SSSR count). The zero-order valence-electron chi connectivity index (χ0n) is 22.5. The molecule has 2 heterocycles. The number of hydrogen-bond acceptors (Lipinski definition) is 8. The van der Waals surface area contributed by atoms with Crippen LogP contribution in [0.4, 0.5) is 15.9 Å². The van der Waals surface area contributed by atoms with Crippen molar-refractivity contribution >= 4 is 39.9 Å². The lowest BCUT2D eigenvalue weighted by Crippen LogP contribution is -2.41. The molecule has 0 radical (unpaired) electrons. The Morgan fingerprint density at radius 2 is 1.83 bits per heavy atom. The number of hydrogen-bond donors (Lipinski definition) is 1. The highest BCUT2D eigenvalue weighted by molar-refractivity contribution is 6.32. The molecule has 1 aliphatic heterocycles. The number of rotatable bonds is 9. The Kier molecular flexibility index (Phi) is 8.39. The van der Waals surface area contributed by atoms with Crippen LogP contribution >= 0.6 is 11.6 Å². The number of halogens is 2. The van der Waals surface area contributed by atoms with Crippen molar-refractivity contribution in [3.05, 3.63) is 78.4 Å². The molecule has 1 aromatic heterocycles. The predicted molar refractivity (Wildman–Crippen MR) is 154 cm³/mol. The first-order valence-electron chi connectivity index (χ1n) is 12.9. The molecule has 0 aliphatic carbocycles. The molecule has 1 N–H and O–H groups in total. The Bertz CT molecular complexity index is 1590. The second kappa shape index (κ2) is 12.3. The average Bonchev–Trinajstić information content (AvgIpc) is 2.98. The summed E-state index contributed by atoms with van der Waals surface area (Å²) in [5.74, 6) is 2.09. The zero-order valence-corrected chi connectivity index (χ0v) is 23.3. The van der Waals surface area contributed by atoms with Crippen molar-refractivity contribution < 1.29 is 28.1 Å². The van der Waals surface area contributed by atoms with Crippen LogP contribution in [0.5, 0.6) is 28.7 Å². The van der Waals surface area contributed by atoms with Gasteiger partial charge in [-0.1, -0.05) is 24.2 Å². The topological polar surface area (TPSA) is 95.0 Å². The summed E-state index contributed by atoms with van der Waals surface area (Å²) >= 11 is 6.53. The van der Waals surface area contributed by atoms with E-state index in [4.69, 9.17) is 30.5 Å². The second-order valence-corrected chi connectivity index (χ2v) is 9.66. The third-order valence-corrected chi connectivity index (χ3v) is 6.97. The maximum Gasteiger partial charge on any atom is 0.245 e. The number of likely N-dealkylation sites (tertiary alicyclic amines) is 1. The van der Waals surface area contributed by atoms with Gasteiger partial charge < -0.3 is 29.2 Å². The zero-order chi connectivity index (χ0) is 28.9. The van der Waals surface area contributed by atoms with E-state index in [1.165, 1.54) is 31.6 Å². The minimum absolute atomic E-state index is 0.0799. The maximum atomic E-state index is 13.6. The molecular formula is C30H28ClFN4O5. The highest BCUT2D eigenvalue weighted by Crippen LogP contribution is 2.41. The molecule has 0 saturated carbocycles. The minimum Gasteiger partial charge on any atom is -0.494 e. The SMILES string of the molecule is C=CC(=O)N1CCC(Oc2cc3c(Nc4cc(Cl)c(Oc5cccc(F)c5)cc4OC)ncnc3cc2OC)CC1. The Hall–Kier alpha value is -4.57. The number of nitrogens with one attached hydrogen (secondary N) is 1. The fraction of sp³-hybridized carbons (Fsp3) is 0.233. The lowest BCUT2D eigenvalue weighted by atomic mass is 10.1. The quantitative estimate of drug-likeness (QED) is 0.224. The van der Waals surface area contributed by atoms with Gasteiger partial charge in [0.05, 0.1) is 30.4 Å². The molecule has 0 bridgehead atoms. The first kappa shape index (κ1) is 28.0. The molecule has 1 fully saturated rings. The van der Waals surface area contributed by atoms with Crippen molar-refractivity contribution in [1.82, 2.24) is 14.9 Å². The van der Waals surface area contributed by atoms with Gasteiger partial charge >= 0.3 is 0 Å². The van der Waals surface area contributed by atoms with Crippen molar-refractivity contribution in [2.45, 2.75) is 18.9 Å². The van der Waals surface area contributed by atoms with Crippen LogP contribution < -0.4 is 24.3 Å². The third kappa shape index (κ3) is 6.28. The van der Waals surface area contributed by atoms with E-state index in [2.05, 4.69) is 21.9 Å². The number of methoxy groups -OCH3 is 2. The number of ether oxygens (including phenoxy) is 4. The number of aromatic nitrogens is 2. The largest absolute Gasteiger partial charge is 0.494 e. The van der Waals surface area contributed by atoms with Crippen LogP contribution in [0.15, 0.2) is 67.5 Å². The molecular weight excluding hydrogens is 551 g/mol. The van der Waals surface area contributed by atoms with Gasteiger partial charge in [0.2, 0.25) is 5.91 Å². The number of amides is 1. The minimum atomic E-state index is -0.423. The number of piperidine rings is 1. The number of carbonyl (C=O) groups excluding carboxylic acids is 1. The van der Waals surface area contributed by atoms with Gasteiger partial charge in [-0.15, -0.1) is 0 Å². The molecule has 212 valence electrons. The molecule has 1 aliphatic rings. The molecule has 1 saturated heterocycles. The first-order chi connectivity index (χ1) is 19.9. The molecule has 4 aromatic rings. The normalized spacial score (nSPS) is 13.5. The number of nitrogens with zero attached hydrogens (tertiary/aromatic N) is 3. The van der Waals surface area contributed by atoms with Gasteiger partial charge in [-0.05, 0) is 30.3 Å². The molecule has 3 aromatic carbocycles. The summed E-state index contributed by atoms with van der Waals surface area (Å²) in [6, 6.07) is 12.6. The van der Waals surface area contributed by atoms with E-state index >= 15 is 0 Å². The Morgan fingerprint density at radius 3 is 2.54 bits per heavy atom.